The standard InChI is InChI=1S/C20H19N3O3S/c1-14(24)26-17-12-10-16(11-13-17)19(25)21-20-23-22-18(27-20)9-5-8-15-6-3-2-4-7-15/h2-4,6-7,10-13H,5,8-9H2,1H3,(H,21,23,25). The number of esters is 1. The summed E-state index contributed by atoms with van der Waals surface area (Å²) in [5, 5.41) is 12.3. The SMILES string of the molecule is CC(=O)Oc1ccc(C(=O)Nc2nnc(CCCc3ccccc3)s2)cc1. The molecule has 3 aromatic rings. The number of aryl methyl sites for hydroxylation is 2. The van der Waals surface area contributed by atoms with E-state index in [1.54, 1.807) is 24.3 Å². The van der Waals surface area contributed by atoms with Crippen molar-refractivity contribution in [3.05, 3.63) is 70.7 Å². The fourth-order valence-corrected chi connectivity index (χ4v) is 3.28. The molecule has 0 bridgehead atoms. The first-order chi connectivity index (χ1) is 13.1. The van der Waals surface area contributed by atoms with E-state index in [-0.39, 0.29) is 5.91 Å². The van der Waals surface area contributed by atoms with Gasteiger partial charge in [-0.3, -0.25) is 14.9 Å². The molecule has 7 heteroatoms. The van der Waals surface area contributed by atoms with E-state index in [2.05, 4.69) is 27.6 Å². The van der Waals surface area contributed by atoms with Gasteiger partial charge in [-0.25, -0.2) is 0 Å². The summed E-state index contributed by atoms with van der Waals surface area (Å²) in [6, 6.07) is 16.6. The summed E-state index contributed by atoms with van der Waals surface area (Å²) >= 11 is 1.38. The normalized spacial score (nSPS) is 10.4. The fourth-order valence-electron chi connectivity index (χ4n) is 2.50. The largest absolute Gasteiger partial charge is 0.427 e. The fraction of sp³-hybridized carbons (Fsp3) is 0.200. The Kier molecular flexibility index (Phi) is 6.27. The summed E-state index contributed by atoms with van der Waals surface area (Å²) in [5.41, 5.74) is 1.75. The Morgan fingerprint density at radius 3 is 2.44 bits per heavy atom. The van der Waals surface area contributed by atoms with E-state index in [1.165, 1.54) is 23.8 Å². The van der Waals surface area contributed by atoms with Crippen LogP contribution >= 0.6 is 11.3 Å². The Morgan fingerprint density at radius 1 is 1.00 bits per heavy atom. The van der Waals surface area contributed by atoms with Crippen molar-refractivity contribution in [3.63, 3.8) is 0 Å². The first-order valence-corrected chi connectivity index (χ1v) is 9.38. The lowest BCUT2D eigenvalue weighted by Crippen LogP contribution is -2.11. The average molecular weight is 381 g/mol. The molecule has 0 aliphatic rings. The molecule has 0 atom stereocenters. The molecular weight excluding hydrogens is 362 g/mol. The van der Waals surface area contributed by atoms with Crippen LogP contribution < -0.4 is 10.1 Å². The second kappa shape index (κ2) is 9.05. The molecule has 2 aromatic carbocycles. The minimum Gasteiger partial charge on any atom is -0.427 e. The van der Waals surface area contributed by atoms with Gasteiger partial charge in [-0.1, -0.05) is 41.7 Å². The maximum Gasteiger partial charge on any atom is 0.308 e. The first-order valence-electron chi connectivity index (χ1n) is 8.56. The molecule has 3 rings (SSSR count). The Hall–Kier alpha value is -3.06. The van der Waals surface area contributed by atoms with Crippen molar-refractivity contribution in [1.29, 1.82) is 0 Å². The number of nitrogens with zero attached hydrogens (tertiary/aromatic N) is 2. The van der Waals surface area contributed by atoms with Crippen molar-refractivity contribution >= 4 is 28.3 Å². The predicted molar refractivity (Wildman–Crippen MR) is 104 cm³/mol. The van der Waals surface area contributed by atoms with Crippen LogP contribution in [-0.4, -0.2) is 22.1 Å². The highest BCUT2D eigenvalue weighted by atomic mass is 32.1. The molecule has 0 aliphatic heterocycles. The Bertz CT molecular complexity index is 908. The van der Waals surface area contributed by atoms with Gasteiger partial charge in [-0.15, -0.1) is 10.2 Å². The Labute approximate surface area is 161 Å². The number of carbonyl (C=O) groups is 2. The number of amides is 1. The lowest BCUT2D eigenvalue weighted by molar-refractivity contribution is -0.131. The topological polar surface area (TPSA) is 81.2 Å². The molecule has 0 unspecified atom stereocenters. The van der Waals surface area contributed by atoms with E-state index in [4.69, 9.17) is 4.74 Å². The molecule has 0 spiro atoms. The minimum absolute atomic E-state index is 0.281. The summed E-state index contributed by atoms with van der Waals surface area (Å²) in [6.45, 7) is 1.33. The molecule has 1 aromatic heterocycles. The predicted octanol–water partition coefficient (Wildman–Crippen LogP) is 3.89. The van der Waals surface area contributed by atoms with Crippen LogP contribution in [0.15, 0.2) is 54.6 Å². The lowest BCUT2D eigenvalue weighted by atomic mass is 10.1. The van der Waals surface area contributed by atoms with Crippen LogP contribution in [0.3, 0.4) is 0 Å². The van der Waals surface area contributed by atoms with E-state index in [0.29, 0.717) is 16.4 Å². The molecule has 27 heavy (non-hydrogen) atoms. The van der Waals surface area contributed by atoms with Gasteiger partial charge in [0.15, 0.2) is 0 Å². The van der Waals surface area contributed by atoms with Gasteiger partial charge < -0.3 is 4.74 Å². The van der Waals surface area contributed by atoms with Crippen molar-refractivity contribution in [2.24, 2.45) is 0 Å². The third-order valence-corrected chi connectivity index (χ3v) is 4.66. The summed E-state index contributed by atoms with van der Waals surface area (Å²) in [4.78, 5) is 23.2. The summed E-state index contributed by atoms with van der Waals surface area (Å²) in [7, 11) is 0. The maximum absolute atomic E-state index is 12.3. The van der Waals surface area contributed by atoms with Gasteiger partial charge in [0.05, 0.1) is 0 Å². The zero-order chi connectivity index (χ0) is 19.1. The number of hydrogen-bond acceptors (Lipinski definition) is 6. The molecule has 0 saturated carbocycles. The first kappa shape index (κ1) is 18.7. The van der Waals surface area contributed by atoms with Gasteiger partial charge in [0, 0.05) is 18.9 Å². The molecule has 6 nitrogen and oxygen atoms in total. The number of aromatic nitrogens is 2. The molecule has 0 saturated heterocycles. The molecule has 138 valence electrons. The van der Waals surface area contributed by atoms with Crippen LogP contribution in [0.4, 0.5) is 5.13 Å². The van der Waals surface area contributed by atoms with Crippen molar-refractivity contribution in [2.75, 3.05) is 5.32 Å². The highest BCUT2D eigenvalue weighted by molar-refractivity contribution is 7.15. The second-order valence-corrected chi connectivity index (χ2v) is 6.97. The monoisotopic (exact) mass is 381 g/mol. The van der Waals surface area contributed by atoms with Crippen LogP contribution in [0, 0.1) is 0 Å². The van der Waals surface area contributed by atoms with E-state index >= 15 is 0 Å². The molecule has 0 aliphatic carbocycles. The molecule has 0 fully saturated rings. The summed E-state index contributed by atoms with van der Waals surface area (Å²) in [6.07, 6.45) is 2.78. The van der Waals surface area contributed by atoms with Gasteiger partial charge in [0.25, 0.3) is 5.91 Å². The smallest absolute Gasteiger partial charge is 0.308 e. The molecule has 1 N–H and O–H groups in total. The number of anilines is 1. The molecule has 1 amide bonds. The molecular formula is C20H19N3O3S. The highest BCUT2D eigenvalue weighted by Crippen LogP contribution is 2.19. The number of hydrogen-bond donors (Lipinski definition) is 1. The van der Waals surface area contributed by atoms with Gasteiger partial charge in [0.1, 0.15) is 10.8 Å². The highest BCUT2D eigenvalue weighted by Gasteiger charge is 2.11. The summed E-state index contributed by atoms with van der Waals surface area (Å²) in [5.74, 6) is -0.284. The molecule has 1 heterocycles. The van der Waals surface area contributed by atoms with Crippen LogP contribution in [-0.2, 0) is 17.6 Å². The third-order valence-electron chi connectivity index (χ3n) is 3.76. The average Bonchev–Trinajstić information content (AvgIpc) is 3.10. The van der Waals surface area contributed by atoms with Gasteiger partial charge in [0.2, 0.25) is 5.13 Å². The number of ether oxygens (including phenoxy) is 1. The van der Waals surface area contributed by atoms with Crippen LogP contribution in [0.5, 0.6) is 5.75 Å². The van der Waals surface area contributed by atoms with Crippen LogP contribution in [0.1, 0.15) is 34.3 Å². The quantitative estimate of drug-likeness (QED) is 0.496. The number of nitrogens with one attached hydrogen (secondary N) is 1. The number of benzene rings is 2. The third kappa shape index (κ3) is 5.72. The minimum atomic E-state index is -0.402. The maximum atomic E-state index is 12.3. The van der Waals surface area contributed by atoms with Crippen LogP contribution in [0.25, 0.3) is 0 Å². The van der Waals surface area contributed by atoms with Crippen molar-refractivity contribution in [3.8, 4) is 5.75 Å². The van der Waals surface area contributed by atoms with Gasteiger partial charge in [-0.05, 0) is 42.7 Å². The zero-order valence-corrected chi connectivity index (χ0v) is 15.7. The van der Waals surface area contributed by atoms with Crippen molar-refractivity contribution in [2.45, 2.75) is 26.2 Å². The van der Waals surface area contributed by atoms with E-state index in [1.807, 2.05) is 18.2 Å². The van der Waals surface area contributed by atoms with E-state index in [0.717, 1.165) is 24.3 Å². The van der Waals surface area contributed by atoms with Crippen molar-refractivity contribution < 1.29 is 14.3 Å². The van der Waals surface area contributed by atoms with Crippen molar-refractivity contribution in [1.82, 2.24) is 10.2 Å². The number of rotatable bonds is 7. The van der Waals surface area contributed by atoms with Crippen LogP contribution in [0.2, 0.25) is 0 Å². The van der Waals surface area contributed by atoms with Gasteiger partial charge >= 0.3 is 5.97 Å². The number of carbonyl (C=O) groups excluding carboxylic acids is 2. The lowest BCUT2D eigenvalue weighted by Gasteiger charge is -2.03. The Balaban J connectivity index is 1.50. The van der Waals surface area contributed by atoms with Gasteiger partial charge in [-0.2, -0.15) is 0 Å². The van der Waals surface area contributed by atoms with E-state index in [9.17, 15) is 9.59 Å². The zero-order valence-electron chi connectivity index (χ0n) is 14.8. The summed E-state index contributed by atoms with van der Waals surface area (Å²) < 4.78 is 4.95. The second-order valence-electron chi connectivity index (χ2n) is 5.91. The molecule has 0 radical (unpaired) electrons. The Morgan fingerprint density at radius 2 is 1.74 bits per heavy atom. The van der Waals surface area contributed by atoms with E-state index < -0.39 is 5.97 Å².